The van der Waals surface area contributed by atoms with Crippen molar-refractivity contribution in [3.8, 4) is 0 Å². The minimum absolute atomic E-state index is 0.0272. The van der Waals surface area contributed by atoms with E-state index in [1.54, 1.807) is 6.07 Å². The molecule has 0 aliphatic carbocycles. The molecule has 0 heterocycles. The molecule has 1 rings (SSSR count). The molecule has 0 unspecified atom stereocenters. The first-order valence-electron chi connectivity index (χ1n) is 5.29. The highest BCUT2D eigenvalue weighted by Gasteiger charge is 2.23. The Morgan fingerprint density at radius 3 is 2.11 bits per heavy atom. The first-order valence-corrected chi connectivity index (χ1v) is 6.73. The lowest BCUT2D eigenvalue weighted by molar-refractivity contribution is -0.130. The largest absolute Gasteiger partial charge is 0.299 e. The third-order valence-corrected chi connectivity index (χ3v) is 3.61. The number of rotatable bonds is 5. The summed E-state index contributed by atoms with van der Waals surface area (Å²) in [7, 11) is -4.35. The van der Waals surface area contributed by atoms with Crippen LogP contribution >= 0.6 is 0 Å². The molecule has 1 aromatic carbocycles. The summed E-state index contributed by atoms with van der Waals surface area (Å²) in [6.07, 6.45) is -0.0272. The van der Waals surface area contributed by atoms with Gasteiger partial charge in [0.2, 0.25) is 0 Å². The van der Waals surface area contributed by atoms with Crippen molar-refractivity contribution in [3.63, 3.8) is 0 Å². The Balaban J connectivity index is 3.19. The van der Waals surface area contributed by atoms with Gasteiger partial charge in [-0.05, 0) is 31.9 Å². The average Bonchev–Trinajstić information content (AvgIpc) is 2.24. The van der Waals surface area contributed by atoms with Crippen LogP contribution in [0.15, 0.2) is 29.2 Å². The fourth-order valence-corrected chi connectivity index (χ4v) is 2.45. The van der Waals surface area contributed by atoms with E-state index in [1.807, 2.05) is 0 Å². The lowest BCUT2D eigenvalue weighted by Crippen LogP contribution is -2.22. The topological polar surface area (TPSA) is 88.5 Å². The van der Waals surface area contributed by atoms with Crippen molar-refractivity contribution in [2.75, 3.05) is 0 Å². The number of carbonyl (C=O) groups excluding carboxylic acids is 2. The second-order valence-electron chi connectivity index (χ2n) is 4.06. The molecule has 0 aromatic heterocycles. The quantitative estimate of drug-likeness (QED) is 0.643. The summed E-state index contributed by atoms with van der Waals surface area (Å²) >= 11 is 0. The molecule has 5 nitrogen and oxygen atoms in total. The van der Waals surface area contributed by atoms with Crippen molar-refractivity contribution in [1.29, 1.82) is 0 Å². The van der Waals surface area contributed by atoms with Crippen LogP contribution in [0.2, 0.25) is 0 Å². The maximum atomic E-state index is 11.3. The summed E-state index contributed by atoms with van der Waals surface area (Å²) in [6.45, 7) is 2.56. The zero-order chi connectivity index (χ0) is 13.9. The molecule has 0 spiro atoms. The second kappa shape index (κ2) is 5.41. The maximum absolute atomic E-state index is 11.3. The summed E-state index contributed by atoms with van der Waals surface area (Å²) < 4.78 is 31.4. The standard InChI is InChI=1S/C12H14O5S/c1-8(13)11(9(2)14)7-10-5-3-4-6-12(10)18(15,16)17/h3-6,11H,7H2,1-2H3,(H,15,16,17). The van der Waals surface area contributed by atoms with Gasteiger partial charge in [0, 0.05) is 0 Å². The first kappa shape index (κ1) is 14.5. The van der Waals surface area contributed by atoms with Crippen LogP contribution in [0.25, 0.3) is 0 Å². The summed E-state index contributed by atoms with van der Waals surface area (Å²) in [5.74, 6) is -1.53. The zero-order valence-electron chi connectivity index (χ0n) is 10.1. The summed E-state index contributed by atoms with van der Waals surface area (Å²) in [6, 6.07) is 5.76. The van der Waals surface area contributed by atoms with Gasteiger partial charge in [-0.3, -0.25) is 14.1 Å². The molecule has 0 bridgehead atoms. The third-order valence-electron chi connectivity index (χ3n) is 2.66. The number of hydrogen-bond donors (Lipinski definition) is 1. The van der Waals surface area contributed by atoms with Crippen LogP contribution in [0.1, 0.15) is 19.4 Å². The van der Waals surface area contributed by atoms with Gasteiger partial charge in [-0.2, -0.15) is 8.42 Å². The number of Topliss-reactive ketones (excluding diaryl/α,β-unsaturated/α-hetero) is 2. The molecule has 18 heavy (non-hydrogen) atoms. The van der Waals surface area contributed by atoms with E-state index in [-0.39, 0.29) is 28.4 Å². The smallest absolute Gasteiger partial charge is 0.294 e. The Hall–Kier alpha value is -1.53. The van der Waals surface area contributed by atoms with E-state index in [4.69, 9.17) is 4.55 Å². The van der Waals surface area contributed by atoms with Crippen molar-refractivity contribution in [2.24, 2.45) is 5.92 Å². The highest BCUT2D eigenvalue weighted by molar-refractivity contribution is 7.85. The molecule has 0 aliphatic rings. The van der Waals surface area contributed by atoms with E-state index in [1.165, 1.54) is 32.0 Å². The highest BCUT2D eigenvalue weighted by atomic mass is 32.2. The SMILES string of the molecule is CC(=O)C(Cc1ccccc1S(=O)(=O)O)C(C)=O. The molecule has 1 N–H and O–H groups in total. The molecule has 0 atom stereocenters. The molecule has 0 fully saturated rings. The normalized spacial score (nSPS) is 11.6. The van der Waals surface area contributed by atoms with Gasteiger partial charge >= 0.3 is 0 Å². The van der Waals surface area contributed by atoms with E-state index >= 15 is 0 Å². The van der Waals surface area contributed by atoms with Gasteiger partial charge in [-0.1, -0.05) is 18.2 Å². The molecular weight excluding hydrogens is 256 g/mol. The van der Waals surface area contributed by atoms with Gasteiger partial charge in [0.1, 0.15) is 11.6 Å². The number of hydrogen-bond acceptors (Lipinski definition) is 4. The summed E-state index contributed by atoms with van der Waals surface area (Å²) in [5.41, 5.74) is 0.260. The Kier molecular flexibility index (Phi) is 4.37. The minimum Gasteiger partial charge on any atom is -0.299 e. The van der Waals surface area contributed by atoms with E-state index in [0.29, 0.717) is 0 Å². The summed E-state index contributed by atoms with van der Waals surface area (Å²) in [4.78, 5) is 22.4. The van der Waals surface area contributed by atoms with Gasteiger partial charge < -0.3 is 0 Å². The minimum atomic E-state index is -4.35. The lowest BCUT2D eigenvalue weighted by atomic mass is 9.93. The van der Waals surface area contributed by atoms with Crippen LogP contribution in [-0.4, -0.2) is 24.5 Å². The monoisotopic (exact) mass is 270 g/mol. The lowest BCUT2D eigenvalue weighted by Gasteiger charge is -2.12. The Morgan fingerprint density at radius 2 is 1.67 bits per heavy atom. The molecule has 0 saturated heterocycles. The Morgan fingerprint density at radius 1 is 1.17 bits per heavy atom. The molecule has 0 saturated carbocycles. The molecule has 0 aliphatic heterocycles. The van der Waals surface area contributed by atoms with Gasteiger partial charge in [-0.15, -0.1) is 0 Å². The predicted octanol–water partition coefficient (Wildman–Crippen LogP) is 1.27. The van der Waals surface area contributed by atoms with Crippen molar-refractivity contribution >= 4 is 21.7 Å². The fraction of sp³-hybridized carbons (Fsp3) is 0.333. The van der Waals surface area contributed by atoms with Crippen LogP contribution < -0.4 is 0 Å². The number of benzene rings is 1. The van der Waals surface area contributed by atoms with Crippen LogP contribution in [0.4, 0.5) is 0 Å². The predicted molar refractivity (Wildman–Crippen MR) is 64.8 cm³/mol. The zero-order valence-corrected chi connectivity index (χ0v) is 10.9. The maximum Gasteiger partial charge on any atom is 0.294 e. The van der Waals surface area contributed by atoms with Gasteiger partial charge in [0.25, 0.3) is 10.1 Å². The van der Waals surface area contributed by atoms with Crippen molar-refractivity contribution in [2.45, 2.75) is 25.2 Å². The van der Waals surface area contributed by atoms with Crippen molar-refractivity contribution < 1.29 is 22.6 Å². The van der Waals surface area contributed by atoms with Crippen molar-refractivity contribution in [1.82, 2.24) is 0 Å². The van der Waals surface area contributed by atoms with Gasteiger partial charge in [0.05, 0.1) is 10.8 Å². The average molecular weight is 270 g/mol. The molecule has 6 heteroatoms. The van der Waals surface area contributed by atoms with Gasteiger partial charge in [0.15, 0.2) is 0 Å². The van der Waals surface area contributed by atoms with Crippen LogP contribution in [0.5, 0.6) is 0 Å². The highest BCUT2D eigenvalue weighted by Crippen LogP contribution is 2.19. The molecular formula is C12H14O5S. The Bertz CT molecular complexity index is 560. The summed E-state index contributed by atoms with van der Waals surface area (Å²) in [5, 5.41) is 0. The van der Waals surface area contributed by atoms with Crippen molar-refractivity contribution in [3.05, 3.63) is 29.8 Å². The fourth-order valence-electron chi connectivity index (χ4n) is 1.72. The van der Waals surface area contributed by atoms with Crippen LogP contribution in [0.3, 0.4) is 0 Å². The van der Waals surface area contributed by atoms with E-state index in [9.17, 15) is 18.0 Å². The molecule has 0 amide bonds. The third kappa shape index (κ3) is 3.48. The van der Waals surface area contributed by atoms with Gasteiger partial charge in [-0.25, -0.2) is 0 Å². The van der Waals surface area contributed by atoms with Crippen LogP contribution in [-0.2, 0) is 26.1 Å². The molecule has 0 radical (unpaired) electrons. The Labute approximate surface area is 106 Å². The van der Waals surface area contributed by atoms with E-state index in [0.717, 1.165) is 0 Å². The first-order chi connectivity index (χ1) is 8.23. The van der Waals surface area contributed by atoms with E-state index < -0.39 is 16.0 Å². The number of carbonyl (C=O) groups is 2. The molecule has 98 valence electrons. The van der Waals surface area contributed by atoms with E-state index in [2.05, 4.69) is 0 Å². The van der Waals surface area contributed by atoms with Crippen LogP contribution in [0, 0.1) is 5.92 Å². The second-order valence-corrected chi connectivity index (χ2v) is 5.45. The molecule has 1 aromatic rings. The number of ketones is 2.